The molecule has 2 aliphatic carbocycles. The van der Waals surface area contributed by atoms with Crippen molar-refractivity contribution in [1.82, 2.24) is 10.3 Å². The molecule has 3 fully saturated rings. The third kappa shape index (κ3) is 2.59. The lowest BCUT2D eigenvalue weighted by Gasteiger charge is -2.15. The van der Waals surface area contributed by atoms with Crippen LogP contribution in [0.5, 0.6) is 0 Å². The van der Waals surface area contributed by atoms with Gasteiger partial charge < -0.3 is 10.6 Å². The van der Waals surface area contributed by atoms with Crippen LogP contribution in [0.3, 0.4) is 0 Å². The van der Waals surface area contributed by atoms with Gasteiger partial charge in [0.25, 0.3) is 0 Å². The van der Waals surface area contributed by atoms with Crippen LogP contribution in [-0.4, -0.2) is 23.5 Å². The molecule has 3 aliphatic rings. The summed E-state index contributed by atoms with van der Waals surface area (Å²) < 4.78 is 0.774. The van der Waals surface area contributed by atoms with E-state index in [1.165, 1.54) is 24.8 Å². The standard InChI is InChI=1S/C14H16BrN3O.ClH/c15-11-4-3-9(7-1-2-7)13(17-11)18-14(19)12-10-5-8(10)6-16-12;/h3-4,7-8,10,12,16H,1-2,5-6H2,(H,17,18,19);1H. The van der Waals surface area contributed by atoms with Gasteiger partial charge >= 0.3 is 0 Å². The number of carbonyl (C=O) groups is 1. The monoisotopic (exact) mass is 357 g/mol. The third-order valence-electron chi connectivity index (χ3n) is 4.44. The van der Waals surface area contributed by atoms with Gasteiger partial charge in [-0.1, -0.05) is 6.07 Å². The van der Waals surface area contributed by atoms with E-state index in [4.69, 9.17) is 0 Å². The molecule has 4 rings (SSSR count). The summed E-state index contributed by atoms with van der Waals surface area (Å²) in [6.07, 6.45) is 3.61. The number of aromatic nitrogens is 1. The first-order chi connectivity index (χ1) is 9.22. The average Bonchev–Trinajstić information content (AvgIpc) is 3.29. The number of pyridine rings is 1. The Kier molecular flexibility index (Phi) is 3.77. The van der Waals surface area contributed by atoms with Crippen molar-refractivity contribution in [3.05, 3.63) is 22.3 Å². The van der Waals surface area contributed by atoms with E-state index in [0.29, 0.717) is 11.8 Å². The molecular formula is C14H17BrClN3O. The van der Waals surface area contributed by atoms with Gasteiger partial charge in [0.05, 0.1) is 6.04 Å². The Morgan fingerprint density at radius 2 is 2.20 bits per heavy atom. The molecule has 1 saturated heterocycles. The van der Waals surface area contributed by atoms with Crippen LogP contribution in [0.15, 0.2) is 16.7 Å². The highest BCUT2D eigenvalue weighted by molar-refractivity contribution is 9.10. The molecule has 2 saturated carbocycles. The maximum absolute atomic E-state index is 12.3. The number of rotatable bonds is 3. The summed E-state index contributed by atoms with van der Waals surface area (Å²) in [7, 11) is 0. The van der Waals surface area contributed by atoms with E-state index in [1.54, 1.807) is 0 Å². The van der Waals surface area contributed by atoms with Gasteiger partial charge in [-0.15, -0.1) is 12.4 Å². The summed E-state index contributed by atoms with van der Waals surface area (Å²) in [6, 6.07) is 4.01. The first-order valence-electron chi connectivity index (χ1n) is 6.93. The van der Waals surface area contributed by atoms with Crippen LogP contribution in [0.4, 0.5) is 5.82 Å². The molecule has 108 valence electrons. The van der Waals surface area contributed by atoms with Gasteiger partial charge in [-0.05, 0) is 71.1 Å². The van der Waals surface area contributed by atoms with E-state index >= 15 is 0 Å². The van der Waals surface area contributed by atoms with E-state index in [0.717, 1.165) is 22.9 Å². The van der Waals surface area contributed by atoms with Crippen LogP contribution < -0.4 is 10.6 Å². The minimum atomic E-state index is -0.0159. The SMILES string of the molecule is Cl.O=C(Nc1nc(Br)ccc1C1CC1)C1NCC2CC21. The molecule has 0 bridgehead atoms. The lowest BCUT2D eigenvalue weighted by molar-refractivity contribution is -0.118. The minimum Gasteiger partial charge on any atom is -0.309 e. The van der Waals surface area contributed by atoms with E-state index < -0.39 is 0 Å². The summed E-state index contributed by atoms with van der Waals surface area (Å²) in [5.74, 6) is 2.69. The van der Waals surface area contributed by atoms with Gasteiger partial charge in [0, 0.05) is 0 Å². The van der Waals surface area contributed by atoms with E-state index in [1.807, 2.05) is 6.07 Å². The molecule has 1 amide bonds. The van der Waals surface area contributed by atoms with E-state index in [9.17, 15) is 4.79 Å². The Balaban J connectivity index is 0.00000121. The second-order valence-electron chi connectivity index (χ2n) is 5.88. The van der Waals surface area contributed by atoms with Crippen molar-refractivity contribution < 1.29 is 4.79 Å². The summed E-state index contributed by atoms with van der Waals surface area (Å²) >= 11 is 3.38. The number of fused-ring (bicyclic) bond motifs is 1. The van der Waals surface area contributed by atoms with Gasteiger partial charge in [-0.25, -0.2) is 4.98 Å². The van der Waals surface area contributed by atoms with Crippen LogP contribution in [-0.2, 0) is 4.79 Å². The highest BCUT2D eigenvalue weighted by atomic mass is 79.9. The van der Waals surface area contributed by atoms with E-state index in [2.05, 4.69) is 37.6 Å². The maximum Gasteiger partial charge on any atom is 0.242 e. The number of nitrogens with one attached hydrogen (secondary N) is 2. The van der Waals surface area contributed by atoms with Gasteiger partial charge in [0.15, 0.2) is 0 Å². The second-order valence-corrected chi connectivity index (χ2v) is 6.69. The Morgan fingerprint density at radius 3 is 2.80 bits per heavy atom. The number of halogens is 2. The molecule has 3 atom stereocenters. The summed E-state index contributed by atoms with van der Waals surface area (Å²) in [6.45, 7) is 0.990. The highest BCUT2D eigenvalue weighted by Gasteiger charge is 2.51. The summed E-state index contributed by atoms with van der Waals surface area (Å²) in [4.78, 5) is 16.8. The number of carbonyl (C=O) groups excluding carboxylic acids is 1. The molecule has 1 aliphatic heterocycles. The van der Waals surface area contributed by atoms with Crippen molar-refractivity contribution in [2.75, 3.05) is 11.9 Å². The zero-order valence-electron chi connectivity index (χ0n) is 10.9. The van der Waals surface area contributed by atoms with Gasteiger partial charge in [0.1, 0.15) is 10.4 Å². The van der Waals surface area contributed by atoms with Crippen molar-refractivity contribution >= 4 is 40.1 Å². The lowest BCUT2D eigenvalue weighted by atomic mass is 10.1. The van der Waals surface area contributed by atoms with Crippen molar-refractivity contribution in [3.63, 3.8) is 0 Å². The number of anilines is 1. The molecular weight excluding hydrogens is 342 g/mol. The molecule has 1 aromatic rings. The van der Waals surface area contributed by atoms with Gasteiger partial charge in [-0.2, -0.15) is 0 Å². The van der Waals surface area contributed by atoms with Crippen LogP contribution >= 0.6 is 28.3 Å². The molecule has 0 radical (unpaired) electrons. The van der Waals surface area contributed by atoms with Crippen LogP contribution in [0.1, 0.15) is 30.7 Å². The van der Waals surface area contributed by atoms with Crippen LogP contribution in [0.25, 0.3) is 0 Å². The van der Waals surface area contributed by atoms with Crippen molar-refractivity contribution in [2.45, 2.75) is 31.2 Å². The summed E-state index contributed by atoms with van der Waals surface area (Å²) in [5.41, 5.74) is 1.18. The number of nitrogens with zero attached hydrogens (tertiary/aromatic N) is 1. The molecule has 1 aromatic heterocycles. The molecule has 20 heavy (non-hydrogen) atoms. The Labute approximate surface area is 132 Å². The number of hydrogen-bond acceptors (Lipinski definition) is 3. The Hall–Kier alpha value is -0.650. The fourth-order valence-corrected chi connectivity index (χ4v) is 3.40. The topological polar surface area (TPSA) is 54.0 Å². The van der Waals surface area contributed by atoms with Gasteiger partial charge in [0.2, 0.25) is 5.91 Å². The largest absolute Gasteiger partial charge is 0.309 e. The highest BCUT2D eigenvalue weighted by Crippen LogP contribution is 2.46. The third-order valence-corrected chi connectivity index (χ3v) is 4.88. The first-order valence-corrected chi connectivity index (χ1v) is 7.72. The molecule has 2 N–H and O–H groups in total. The minimum absolute atomic E-state index is 0. The second kappa shape index (κ2) is 5.28. The van der Waals surface area contributed by atoms with Crippen molar-refractivity contribution in [1.29, 1.82) is 0 Å². The predicted molar refractivity (Wildman–Crippen MR) is 83.2 cm³/mol. The quantitative estimate of drug-likeness (QED) is 0.817. The van der Waals surface area contributed by atoms with Crippen molar-refractivity contribution in [2.24, 2.45) is 11.8 Å². The van der Waals surface area contributed by atoms with E-state index in [-0.39, 0.29) is 24.4 Å². The number of hydrogen-bond donors (Lipinski definition) is 2. The average molecular weight is 359 g/mol. The number of amides is 1. The molecule has 0 aromatic carbocycles. The van der Waals surface area contributed by atoms with Crippen LogP contribution in [0.2, 0.25) is 0 Å². The fourth-order valence-electron chi connectivity index (χ4n) is 3.10. The van der Waals surface area contributed by atoms with Gasteiger partial charge in [-0.3, -0.25) is 4.79 Å². The van der Waals surface area contributed by atoms with Crippen molar-refractivity contribution in [3.8, 4) is 0 Å². The first kappa shape index (κ1) is 14.3. The predicted octanol–water partition coefficient (Wildman–Crippen LogP) is 2.69. The molecule has 4 nitrogen and oxygen atoms in total. The van der Waals surface area contributed by atoms with Crippen LogP contribution in [0, 0.1) is 11.8 Å². The normalized spacial score (nSPS) is 30.4. The fraction of sp³-hybridized carbons (Fsp3) is 0.571. The maximum atomic E-state index is 12.3. The Morgan fingerprint density at radius 1 is 1.40 bits per heavy atom. The zero-order chi connectivity index (χ0) is 13.0. The Bertz CT molecular complexity index is 549. The zero-order valence-corrected chi connectivity index (χ0v) is 13.3. The summed E-state index contributed by atoms with van der Waals surface area (Å²) in [5, 5.41) is 6.33. The molecule has 3 unspecified atom stereocenters. The number of piperidine rings is 1. The molecule has 2 heterocycles. The lowest BCUT2D eigenvalue weighted by Crippen LogP contribution is -2.39. The molecule has 0 spiro atoms. The molecule has 6 heteroatoms. The smallest absolute Gasteiger partial charge is 0.242 e.